The molecule has 1 N–H and O–H groups in total. The number of aromatic carboxylic acids is 1. The van der Waals surface area contributed by atoms with Gasteiger partial charge < -0.3 is 9.52 Å². The van der Waals surface area contributed by atoms with Crippen LogP contribution in [0.4, 0.5) is 5.69 Å². The van der Waals surface area contributed by atoms with E-state index in [1.54, 1.807) is 62.4 Å². The molecular formula is C25H19ClN2O5S. The summed E-state index contributed by atoms with van der Waals surface area (Å²) in [6.07, 6.45) is 1.37. The fourth-order valence-corrected chi connectivity index (χ4v) is 4.25. The zero-order valence-electron chi connectivity index (χ0n) is 18.2. The standard InChI is InChI=1S/C25H19ClN2O5S/c1-3-27-22(29)20(23(30)28(25(27)34)16-9-7-15(26)8-10-16)13-17-11-12-21(33-17)18-5-4-6-19(14(18)2)24(31)32/h4-13H,3H2,1-2H3,(H,31,32)/b20-13+. The van der Waals surface area contributed by atoms with Crippen molar-refractivity contribution >= 4 is 58.5 Å². The van der Waals surface area contributed by atoms with E-state index in [1.807, 2.05) is 0 Å². The van der Waals surface area contributed by atoms with Crippen LogP contribution in [0.2, 0.25) is 5.02 Å². The average molecular weight is 495 g/mol. The Morgan fingerprint density at radius 2 is 1.79 bits per heavy atom. The summed E-state index contributed by atoms with van der Waals surface area (Å²) in [6.45, 7) is 3.73. The molecule has 4 rings (SSSR count). The molecule has 0 aliphatic carbocycles. The van der Waals surface area contributed by atoms with Crippen molar-refractivity contribution in [3.8, 4) is 11.3 Å². The summed E-state index contributed by atoms with van der Waals surface area (Å²) in [5.74, 6) is -1.45. The Bertz CT molecular complexity index is 1360. The largest absolute Gasteiger partial charge is 0.478 e. The molecular weight excluding hydrogens is 476 g/mol. The molecule has 0 spiro atoms. The van der Waals surface area contributed by atoms with Crippen LogP contribution in [-0.2, 0) is 9.59 Å². The third-order valence-electron chi connectivity index (χ3n) is 5.48. The minimum Gasteiger partial charge on any atom is -0.478 e. The number of thiocarbonyl (C=S) groups is 1. The fraction of sp³-hybridized carbons (Fsp3) is 0.120. The van der Waals surface area contributed by atoms with Gasteiger partial charge in [-0.15, -0.1) is 0 Å². The van der Waals surface area contributed by atoms with Crippen LogP contribution < -0.4 is 4.90 Å². The van der Waals surface area contributed by atoms with Gasteiger partial charge in [0, 0.05) is 17.1 Å². The van der Waals surface area contributed by atoms with Crippen molar-refractivity contribution in [3.05, 3.63) is 82.1 Å². The Balaban J connectivity index is 1.74. The van der Waals surface area contributed by atoms with Gasteiger partial charge in [0.25, 0.3) is 11.8 Å². The predicted molar refractivity (Wildman–Crippen MR) is 133 cm³/mol. The number of carboxylic acid groups (broad SMARTS) is 1. The number of amides is 2. The number of hydrogen-bond donors (Lipinski definition) is 1. The van der Waals surface area contributed by atoms with Gasteiger partial charge in [-0.25, -0.2) is 4.79 Å². The number of anilines is 1. The van der Waals surface area contributed by atoms with Gasteiger partial charge in [-0.1, -0.05) is 23.7 Å². The first-order valence-electron chi connectivity index (χ1n) is 10.3. The van der Waals surface area contributed by atoms with Crippen molar-refractivity contribution in [2.45, 2.75) is 13.8 Å². The zero-order valence-corrected chi connectivity index (χ0v) is 19.8. The minimum absolute atomic E-state index is 0.0817. The highest BCUT2D eigenvalue weighted by molar-refractivity contribution is 7.80. The van der Waals surface area contributed by atoms with Gasteiger partial charge in [0.2, 0.25) is 0 Å². The molecule has 2 amide bonds. The normalized spacial score (nSPS) is 15.4. The van der Waals surface area contributed by atoms with Gasteiger partial charge in [0.15, 0.2) is 5.11 Å². The van der Waals surface area contributed by atoms with E-state index in [0.717, 1.165) is 0 Å². The van der Waals surface area contributed by atoms with Crippen molar-refractivity contribution in [2.24, 2.45) is 0 Å². The van der Waals surface area contributed by atoms with Crippen molar-refractivity contribution in [1.82, 2.24) is 4.90 Å². The lowest BCUT2D eigenvalue weighted by atomic mass is 10.0. The molecule has 0 atom stereocenters. The van der Waals surface area contributed by atoms with E-state index in [9.17, 15) is 19.5 Å². The molecule has 1 aliphatic heterocycles. The monoisotopic (exact) mass is 494 g/mol. The molecule has 2 aromatic carbocycles. The van der Waals surface area contributed by atoms with E-state index >= 15 is 0 Å². The Morgan fingerprint density at radius 1 is 1.09 bits per heavy atom. The third kappa shape index (κ3) is 4.13. The topological polar surface area (TPSA) is 91.1 Å². The number of carbonyl (C=O) groups is 3. The van der Waals surface area contributed by atoms with Crippen LogP contribution in [0.1, 0.15) is 28.6 Å². The van der Waals surface area contributed by atoms with Crippen molar-refractivity contribution in [3.63, 3.8) is 0 Å². The smallest absolute Gasteiger partial charge is 0.335 e. The summed E-state index contributed by atoms with van der Waals surface area (Å²) in [6, 6.07) is 14.7. The first-order chi connectivity index (χ1) is 16.2. The van der Waals surface area contributed by atoms with E-state index in [-0.39, 0.29) is 28.6 Å². The van der Waals surface area contributed by atoms with Gasteiger partial charge in [0.05, 0.1) is 11.3 Å². The van der Waals surface area contributed by atoms with E-state index in [1.165, 1.54) is 21.9 Å². The Morgan fingerprint density at radius 3 is 2.44 bits per heavy atom. The molecule has 0 radical (unpaired) electrons. The molecule has 1 fully saturated rings. The highest BCUT2D eigenvalue weighted by Crippen LogP contribution is 2.30. The summed E-state index contributed by atoms with van der Waals surface area (Å²) in [4.78, 5) is 40.5. The lowest BCUT2D eigenvalue weighted by molar-refractivity contribution is -0.127. The number of carboxylic acids is 1. The van der Waals surface area contributed by atoms with Crippen LogP contribution in [-0.4, -0.2) is 39.4 Å². The van der Waals surface area contributed by atoms with Gasteiger partial charge in [-0.3, -0.25) is 19.4 Å². The Labute approximate surface area is 205 Å². The fourth-order valence-electron chi connectivity index (χ4n) is 3.72. The van der Waals surface area contributed by atoms with Crippen LogP contribution in [0.3, 0.4) is 0 Å². The number of nitrogens with zero attached hydrogens (tertiary/aromatic N) is 2. The van der Waals surface area contributed by atoms with Gasteiger partial charge in [-0.2, -0.15) is 0 Å². The number of hydrogen-bond acceptors (Lipinski definition) is 5. The summed E-state index contributed by atoms with van der Waals surface area (Å²) in [5.41, 5.74) is 1.69. The predicted octanol–water partition coefficient (Wildman–Crippen LogP) is 5.17. The van der Waals surface area contributed by atoms with E-state index < -0.39 is 17.8 Å². The minimum atomic E-state index is -1.04. The summed E-state index contributed by atoms with van der Waals surface area (Å²) < 4.78 is 5.88. The lowest BCUT2D eigenvalue weighted by Gasteiger charge is -2.35. The van der Waals surface area contributed by atoms with Crippen molar-refractivity contribution in [1.29, 1.82) is 0 Å². The molecule has 172 valence electrons. The summed E-state index contributed by atoms with van der Waals surface area (Å²) in [7, 11) is 0. The quantitative estimate of drug-likeness (QED) is 0.299. The summed E-state index contributed by atoms with van der Waals surface area (Å²) in [5, 5.41) is 9.96. The van der Waals surface area contributed by atoms with Gasteiger partial charge >= 0.3 is 5.97 Å². The highest BCUT2D eigenvalue weighted by atomic mass is 35.5. The Kier molecular flexibility index (Phi) is 6.37. The molecule has 0 unspecified atom stereocenters. The van der Waals surface area contributed by atoms with Crippen LogP contribution in [0.5, 0.6) is 0 Å². The molecule has 3 aromatic rings. The zero-order chi connectivity index (χ0) is 24.6. The molecule has 0 saturated carbocycles. The lowest BCUT2D eigenvalue weighted by Crippen LogP contribution is -2.56. The third-order valence-corrected chi connectivity index (χ3v) is 6.13. The first kappa shape index (κ1) is 23.4. The van der Waals surface area contributed by atoms with Crippen LogP contribution >= 0.6 is 23.8 Å². The molecule has 1 aromatic heterocycles. The van der Waals surface area contributed by atoms with Crippen molar-refractivity contribution in [2.75, 3.05) is 11.4 Å². The van der Waals surface area contributed by atoms with Crippen LogP contribution in [0, 0.1) is 6.92 Å². The number of rotatable bonds is 5. The second-order valence-electron chi connectivity index (χ2n) is 7.49. The molecule has 1 saturated heterocycles. The second-order valence-corrected chi connectivity index (χ2v) is 8.29. The van der Waals surface area contributed by atoms with Crippen molar-refractivity contribution < 1.29 is 23.9 Å². The molecule has 34 heavy (non-hydrogen) atoms. The number of benzene rings is 2. The second kappa shape index (κ2) is 9.24. The number of carbonyl (C=O) groups excluding carboxylic acids is 2. The highest BCUT2D eigenvalue weighted by Gasteiger charge is 2.39. The summed E-state index contributed by atoms with van der Waals surface area (Å²) >= 11 is 11.4. The van der Waals surface area contributed by atoms with Gasteiger partial charge in [-0.05, 0) is 80.2 Å². The van der Waals surface area contributed by atoms with E-state index in [2.05, 4.69) is 0 Å². The average Bonchev–Trinajstić information content (AvgIpc) is 3.26. The maximum atomic E-state index is 13.3. The molecule has 7 nitrogen and oxygen atoms in total. The maximum absolute atomic E-state index is 13.3. The van der Waals surface area contributed by atoms with E-state index in [4.69, 9.17) is 28.2 Å². The first-order valence-corrected chi connectivity index (χ1v) is 11.1. The molecule has 0 bridgehead atoms. The Hall–Kier alpha value is -3.75. The van der Waals surface area contributed by atoms with E-state index in [0.29, 0.717) is 27.6 Å². The molecule has 9 heteroatoms. The number of furan rings is 1. The number of likely N-dealkylation sites (N-methyl/N-ethyl adjacent to an activating group) is 1. The molecule has 1 aliphatic rings. The molecule has 2 heterocycles. The van der Waals surface area contributed by atoms with Crippen LogP contribution in [0.15, 0.2) is 64.6 Å². The van der Waals surface area contributed by atoms with Gasteiger partial charge in [0.1, 0.15) is 17.1 Å². The van der Waals surface area contributed by atoms with Crippen LogP contribution in [0.25, 0.3) is 17.4 Å². The SMILES string of the molecule is CCN1C(=O)/C(=C\c2ccc(-c3cccc(C(=O)O)c3C)o2)C(=O)N(c2ccc(Cl)cc2)C1=S. The number of halogens is 1. The maximum Gasteiger partial charge on any atom is 0.335 e.